The van der Waals surface area contributed by atoms with E-state index in [0.29, 0.717) is 0 Å². The fraction of sp³-hybridized carbons (Fsp3) is 0.308. The van der Waals surface area contributed by atoms with E-state index in [2.05, 4.69) is 24.0 Å². The summed E-state index contributed by atoms with van der Waals surface area (Å²) in [6.45, 7) is 2.14. The number of hydrogen-bond donors (Lipinski definition) is 1. The van der Waals surface area contributed by atoms with Crippen molar-refractivity contribution in [3.63, 3.8) is 0 Å². The van der Waals surface area contributed by atoms with Gasteiger partial charge in [-0.2, -0.15) is 0 Å². The zero-order valence-electron chi connectivity index (χ0n) is 8.98. The van der Waals surface area contributed by atoms with Crippen LogP contribution in [0.1, 0.15) is 31.5 Å². The number of para-hydroxylation sites is 1. The monoisotopic (exact) mass is 200 g/mol. The van der Waals surface area contributed by atoms with Gasteiger partial charge in [0.15, 0.2) is 0 Å². The smallest absolute Gasteiger partial charge is 0.0706 e. The van der Waals surface area contributed by atoms with E-state index in [1.54, 1.807) is 0 Å². The zero-order valence-corrected chi connectivity index (χ0v) is 8.98. The summed E-state index contributed by atoms with van der Waals surface area (Å²) in [7, 11) is 0. The van der Waals surface area contributed by atoms with Crippen molar-refractivity contribution in [1.82, 2.24) is 4.98 Å². The molecule has 0 aliphatic heterocycles. The van der Waals surface area contributed by atoms with Gasteiger partial charge in [0.05, 0.1) is 11.2 Å². The summed E-state index contributed by atoms with van der Waals surface area (Å²) in [4.78, 5) is 4.57. The Labute approximate surface area is 90.1 Å². The first-order chi connectivity index (χ1) is 7.31. The van der Waals surface area contributed by atoms with Gasteiger partial charge in [0.1, 0.15) is 0 Å². The number of pyridine rings is 1. The lowest BCUT2D eigenvalue weighted by Gasteiger charge is -2.10. The number of benzene rings is 1. The summed E-state index contributed by atoms with van der Waals surface area (Å²) in [5, 5.41) is 1.17. The molecule has 0 aliphatic carbocycles. The molecular formula is C13H16N2. The topological polar surface area (TPSA) is 38.9 Å². The van der Waals surface area contributed by atoms with Crippen LogP contribution in [0.25, 0.3) is 10.9 Å². The van der Waals surface area contributed by atoms with Crippen molar-refractivity contribution < 1.29 is 0 Å². The molecule has 78 valence electrons. The Morgan fingerprint density at radius 3 is 2.80 bits per heavy atom. The highest BCUT2D eigenvalue weighted by atomic mass is 14.8. The lowest BCUT2D eigenvalue weighted by molar-refractivity contribution is 0.624. The molecule has 0 bridgehead atoms. The van der Waals surface area contributed by atoms with Crippen molar-refractivity contribution in [2.75, 3.05) is 0 Å². The van der Waals surface area contributed by atoms with Gasteiger partial charge in [0.25, 0.3) is 0 Å². The van der Waals surface area contributed by atoms with E-state index in [0.717, 1.165) is 24.1 Å². The molecule has 2 N–H and O–H groups in total. The van der Waals surface area contributed by atoms with E-state index in [1.165, 1.54) is 5.39 Å². The molecule has 1 aromatic carbocycles. The number of aromatic nitrogens is 1. The van der Waals surface area contributed by atoms with Crippen LogP contribution < -0.4 is 5.73 Å². The molecule has 0 unspecified atom stereocenters. The van der Waals surface area contributed by atoms with E-state index < -0.39 is 0 Å². The molecule has 2 heteroatoms. The molecular weight excluding hydrogens is 184 g/mol. The summed E-state index contributed by atoms with van der Waals surface area (Å²) in [6.07, 6.45) is 2.08. The third-order valence-corrected chi connectivity index (χ3v) is 2.60. The van der Waals surface area contributed by atoms with Crippen LogP contribution in [0.3, 0.4) is 0 Å². The summed E-state index contributed by atoms with van der Waals surface area (Å²) >= 11 is 0. The van der Waals surface area contributed by atoms with Gasteiger partial charge < -0.3 is 5.73 Å². The van der Waals surface area contributed by atoms with Crippen molar-refractivity contribution in [2.24, 2.45) is 5.73 Å². The summed E-state index contributed by atoms with van der Waals surface area (Å²) in [5.74, 6) is 0. The van der Waals surface area contributed by atoms with Crippen LogP contribution in [0.5, 0.6) is 0 Å². The van der Waals surface area contributed by atoms with Gasteiger partial charge in [-0.1, -0.05) is 37.6 Å². The van der Waals surface area contributed by atoms with Crippen LogP contribution in [-0.2, 0) is 0 Å². The van der Waals surface area contributed by atoms with Gasteiger partial charge >= 0.3 is 0 Å². The summed E-state index contributed by atoms with van der Waals surface area (Å²) in [6, 6.07) is 12.3. The van der Waals surface area contributed by atoms with Crippen molar-refractivity contribution in [2.45, 2.75) is 25.8 Å². The van der Waals surface area contributed by atoms with Crippen molar-refractivity contribution >= 4 is 10.9 Å². The van der Waals surface area contributed by atoms with E-state index in [9.17, 15) is 0 Å². The van der Waals surface area contributed by atoms with Crippen molar-refractivity contribution in [1.29, 1.82) is 0 Å². The molecule has 2 aromatic rings. The predicted octanol–water partition coefficient (Wildman–Crippen LogP) is 3.03. The Bertz CT molecular complexity index is 451. The first-order valence-electron chi connectivity index (χ1n) is 5.42. The highest BCUT2D eigenvalue weighted by Crippen LogP contribution is 2.17. The van der Waals surface area contributed by atoms with Crippen LogP contribution in [0, 0.1) is 0 Å². The van der Waals surface area contributed by atoms with E-state index in [1.807, 2.05) is 24.3 Å². The average molecular weight is 200 g/mol. The minimum atomic E-state index is 0.0691. The quantitative estimate of drug-likeness (QED) is 0.827. The maximum absolute atomic E-state index is 6.03. The second kappa shape index (κ2) is 4.41. The van der Waals surface area contributed by atoms with Gasteiger partial charge in [-0.05, 0) is 18.6 Å². The fourth-order valence-electron chi connectivity index (χ4n) is 1.75. The molecule has 0 radical (unpaired) electrons. The van der Waals surface area contributed by atoms with Crippen LogP contribution in [-0.4, -0.2) is 4.98 Å². The van der Waals surface area contributed by atoms with Gasteiger partial charge in [-0.25, -0.2) is 0 Å². The van der Waals surface area contributed by atoms with Crippen LogP contribution in [0.15, 0.2) is 36.4 Å². The average Bonchev–Trinajstić information content (AvgIpc) is 2.29. The Balaban J connectivity index is 2.38. The number of rotatable bonds is 3. The number of nitrogens with zero attached hydrogens (tertiary/aromatic N) is 1. The predicted molar refractivity (Wildman–Crippen MR) is 63.6 cm³/mol. The maximum Gasteiger partial charge on any atom is 0.0706 e. The molecule has 0 saturated carbocycles. The van der Waals surface area contributed by atoms with Crippen LogP contribution >= 0.6 is 0 Å². The van der Waals surface area contributed by atoms with Crippen molar-refractivity contribution in [3.05, 3.63) is 42.1 Å². The Morgan fingerprint density at radius 1 is 1.20 bits per heavy atom. The largest absolute Gasteiger partial charge is 0.323 e. The molecule has 0 aliphatic rings. The number of nitrogens with two attached hydrogens (primary N) is 1. The van der Waals surface area contributed by atoms with Crippen molar-refractivity contribution in [3.8, 4) is 0 Å². The van der Waals surface area contributed by atoms with E-state index in [4.69, 9.17) is 5.73 Å². The number of hydrogen-bond acceptors (Lipinski definition) is 2. The summed E-state index contributed by atoms with van der Waals surface area (Å²) in [5.41, 5.74) is 8.06. The molecule has 1 atom stereocenters. The zero-order chi connectivity index (χ0) is 10.7. The second-order valence-electron chi connectivity index (χ2n) is 3.82. The lowest BCUT2D eigenvalue weighted by Crippen LogP contribution is -2.11. The second-order valence-corrected chi connectivity index (χ2v) is 3.82. The molecule has 1 aromatic heterocycles. The van der Waals surface area contributed by atoms with E-state index in [-0.39, 0.29) is 6.04 Å². The third-order valence-electron chi connectivity index (χ3n) is 2.60. The molecule has 0 saturated heterocycles. The standard InChI is InChI=1S/C13H16N2/c1-2-5-11(14)13-9-8-10-6-3-4-7-12(10)15-13/h3-4,6-9,11H,2,5,14H2,1H3/t11-/m1/s1. The maximum atomic E-state index is 6.03. The Morgan fingerprint density at radius 2 is 2.00 bits per heavy atom. The highest BCUT2D eigenvalue weighted by molar-refractivity contribution is 5.78. The SMILES string of the molecule is CCC[C@@H](N)c1ccc2ccccc2n1. The van der Waals surface area contributed by atoms with Gasteiger partial charge in [-0.3, -0.25) is 4.98 Å². The van der Waals surface area contributed by atoms with Gasteiger partial charge in [0, 0.05) is 11.4 Å². The molecule has 15 heavy (non-hydrogen) atoms. The molecule has 0 amide bonds. The van der Waals surface area contributed by atoms with Crippen LogP contribution in [0.4, 0.5) is 0 Å². The minimum absolute atomic E-state index is 0.0691. The Kier molecular flexibility index (Phi) is 2.97. The highest BCUT2D eigenvalue weighted by Gasteiger charge is 2.06. The van der Waals surface area contributed by atoms with Gasteiger partial charge in [0.2, 0.25) is 0 Å². The fourth-order valence-corrected chi connectivity index (χ4v) is 1.75. The van der Waals surface area contributed by atoms with Crippen LogP contribution in [0.2, 0.25) is 0 Å². The normalized spacial score (nSPS) is 12.9. The van der Waals surface area contributed by atoms with E-state index >= 15 is 0 Å². The first kappa shape index (κ1) is 10.1. The molecule has 2 nitrogen and oxygen atoms in total. The minimum Gasteiger partial charge on any atom is -0.323 e. The van der Waals surface area contributed by atoms with Gasteiger partial charge in [-0.15, -0.1) is 0 Å². The lowest BCUT2D eigenvalue weighted by atomic mass is 10.1. The molecule has 1 heterocycles. The third kappa shape index (κ3) is 2.16. The molecule has 2 rings (SSSR count). The molecule has 0 fully saturated rings. The summed E-state index contributed by atoms with van der Waals surface area (Å²) < 4.78 is 0. The Hall–Kier alpha value is -1.41. The number of fused-ring (bicyclic) bond motifs is 1. The first-order valence-corrected chi connectivity index (χ1v) is 5.42. The molecule has 0 spiro atoms.